The second kappa shape index (κ2) is 10.4. The van der Waals surface area contributed by atoms with Crippen LogP contribution in [0.5, 0.6) is 0 Å². The summed E-state index contributed by atoms with van der Waals surface area (Å²) < 4.78 is 6.47. The lowest BCUT2D eigenvalue weighted by molar-refractivity contribution is -0.939. The molecule has 0 radical (unpaired) electrons. The van der Waals surface area contributed by atoms with Gasteiger partial charge >= 0.3 is 5.97 Å². The molecule has 1 amide bonds. The first-order valence-electron chi connectivity index (χ1n) is 12.7. The monoisotopic (exact) mass is 515 g/mol. The van der Waals surface area contributed by atoms with Crippen molar-refractivity contribution >= 4 is 23.3 Å². The van der Waals surface area contributed by atoms with Crippen LogP contribution in [0, 0.1) is 16.0 Å². The van der Waals surface area contributed by atoms with E-state index in [9.17, 15) is 24.8 Å². The van der Waals surface area contributed by atoms with Crippen LogP contribution in [-0.2, 0) is 19.9 Å². The van der Waals surface area contributed by atoms with Gasteiger partial charge in [0.2, 0.25) is 0 Å². The molecule has 1 N–H and O–H groups in total. The van der Waals surface area contributed by atoms with E-state index in [1.54, 1.807) is 60.7 Å². The number of nitrogens with zero attached hydrogens (tertiary/aromatic N) is 2. The number of fused-ring (bicyclic) bond motifs is 3. The van der Waals surface area contributed by atoms with Gasteiger partial charge in [0.05, 0.1) is 18.0 Å². The second-order valence-electron chi connectivity index (χ2n) is 10.2. The molecule has 0 saturated carbocycles. The number of carbonyl (C=O) groups is 2. The molecule has 3 aliphatic heterocycles. The molecular weight excluding hydrogens is 486 g/mol. The van der Waals surface area contributed by atoms with E-state index in [0.29, 0.717) is 27.8 Å². The third-order valence-corrected chi connectivity index (χ3v) is 7.79. The van der Waals surface area contributed by atoms with Crippen LogP contribution in [0.3, 0.4) is 0 Å². The van der Waals surface area contributed by atoms with E-state index >= 15 is 0 Å². The van der Waals surface area contributed by atoms with E-state index in [0.717, 1.165) is 25.9 Å². The van der Waals surface area contributed by atoms with Gasteiger partial charge in [0.25, 0.3) is 11.6 Å². The molecule has 3 aliphatic rings. The number of carbonyl (C=O) groups excluding carboxylic acids is 2. The van der Waals surface area contributed by atoms with Crippen LogP contribution in [0.2, 0.25) is 0 Å². The third kappa shape index (κ3) is 5.03. The maximum Gasteiger partial charge on any atom is 0.304 e. The molecule has 6 rings (SSSR count). The predicted molar refractivity (Wildman–Crippen MR) is 138 cm³/mol. The highest BCUT2D eigenvalue weighted by molar-refractivity contribution is 5.91. The Morgan fingerprint density at radius 3 is 2.00 bits per heavy atom. The van der Waals surface area contributed by atoms with Gasteiger partial charge < -0.3 is 19.6 Å². The molecule has 1 atom stereocenters. The molecule has 3 aromatic carbocycles. The molecule has 3 heterocycles. The molecule has 0 aromatic heterocycles. The number of ether oxygens (including phenoxy) is 1. The van der Waals surface area contributed by atoms with Crippen molar-refractivity contribution in [2.75, 3.05) is 31.5 Å². The maximum atomic E-state index is 14.2. The number of non-ortho nitro benzene ring substituents is 1. The zero-order valence-corrected chi connectivity index (χ0v) is 20.8. The van der Waals surface area contributed by atoms with Crippen LogP contribution < -0.4 is 10.4 Å². The Balaban J connectivity index is 1.30. The molecule has 1 unspecified atom stereocenters. The van der Waals surface area contributed by atoms with Crippen molar-refractivity contribution in [1.82, 2.24) is 0 Å². The average Bonchev–Trinajstić information content (AvgIpc) is 2.94. The fourth-order valence-corrected chi connectivity index (χ4v) is 5.72. The first-order chi connectivity index (χ1) is 18.3. The SMILES string of the molecule is O=C(C[N+]12CCC(CC1)C(OC(=O)C([O-])(c1ccccc1)c1ccccc1)C2)Nc1ccc([N+](=O)[O-])cc1. The van der Waals surface area contributed by atoms with E-state index in [1.165, 1.54) is 24.3 Å². The Labute approximate surface area is 220 Å². The molecule has 196 valence electrons. The van der Waals surface area contributed by atoms with Crippen molar-refractivity contribution in [3.05, 3.63) is 106 Å². The molecule has 9 nitrogen and oxygen atoms in total. The highest BCUT2D eigenvalue weighted by atomic mass is 16.6. The average molecular weight is 516 g/mol. The van der Waals surface area contributed by atoms with Crippen molar-refractivity contribution in [2.45, 2.75) is 24.5 Å². The van der Waals surface area contributed by atoms with E-state index in [-0.39, 0.29) is 24.1 Å². The van der Waals surface area contributed by atoms with Gasteiger partial charge in [-0.3, -0.25) is 19.7 Å². The molecule has 2 bridgehead atoms. The summed E-state index contributed by atoms with van der Waals surface area (Å²) in [6, 6.07) is 22.8. The van der Waals surface area contributed by atoms with Crippen molar-refractivity contribution in [1.29, 1.82) is 0 Å². The van der Waals surface area contributed by atoms with Crippen LogP contribution in [0.1, 0.15) is 24.0 Å². The number of esters is 1. The maximum absolute atomic E-state index is 14.2. The summed E-state index contributed by atoms with van der Waals surface area (Å²) in [4.78, 5) is 36.9. The fourth-order valence-electron chi connectivity index (χ4n) is 5.72. The molecular formula is C29H29N3O6. The van der Waals surface area contributed by atoms with E-state index in [2.05, 4.69) is 5.32 Å². The molecule has 3 saturated heterocycles. The van der Waals surface area contributed by atoms with Crippen LogP contribution in [-0.4, -0.2) is 53.6 Å². The Hall–Kier alpha value is -4.08. The van der Waals surface area contributed by atoms with Gasteiger partial charge in [-0.15, -0.1) is 0 Å². The number of nitro groups is 1. The highest BCUT2D eigenvalue weighted by Crippen LogP contribution is 2.37. The van der Waals surface area contributed by atoms with Gasteiger partial charge in [-0.05, 0) is 23.3 Å². The summed E-state index contributed by atoms with van der Waals surface area (Å²) >= 11 is 0. The quantitative estimate of drug-likeness (QED) is 0.213. The third-order valence-electron chi connectivity index (χ3n) is 7.79. The molecule has 38 heavy (non-hydrogen) atoms. The number of anilines is 1. The van der Waals surface area contributed by atoms with Gasteiger partial charge in [-0.2, -0.15) is 0 Å². The molecule has 0 spiro atoms. The highest BCUT2D eigenvalue weighted by Gasteiger charge is 2.49. The number of hydrogen-bond acceptors (Lipinski definition) is 6. The van der Waals surface area contributed by atoms with Gasteiger partial charge in [0.1, 0.15) is 6.54 Å². The van der Waals surface area contributed by atoms with Crippen LogP contribution in [0.25, 0.3) is 0 Å². The summed E-state index contributed by atoms with van der Waals surface area (Å²) in [5.41, 5.74) is -1.12. The number of amides is 1. The van der Waals surface area contributed by atoms with Crippen LogP contribution in [0.15, 0.2) is 84.9 Å². The van der Waals surface area contributed by atoms with Crippen LogP contribution >= 0.6 is 0 Å². The molecule has 0 aliphatic carbocycles. The summed E-state index contributed by atoms with van der Waals surface area (Å²) in [5, 5.41) is 27.9. The van der Waals surface area contributed by atoms with Gasteiger partial charge in [-0.25, -0.2) is 0 Å². The number of piperidine rings is 3. The first kappa shape index (κ1) is 25.6. The number of nitro benzene ring substituents is 1. The minimum absolute atomic E-state index is 0.0481. The Morgan fingerprint density at radius 1 is 0.921 bits per heavy atom. The second-order valence-corrected chi connectivity index (χ2v) is 10.2. The Morgan fingerprint density at radius 2 is 1.47 bits per heavy atom. The lowest BCUT2D eigenvalue weighted by Crippen LogP contribution is -2.67. The van der Waals surface area contributed by atoms with E-state index < -0.39 is 22.6 Å². The van der Waals surface area contributed by atoms with Gasteiger partial charge in [0, 0.05) is 42.2 Å². The lowest BCUT2D eigenvalue weighted by Gasteiger charge is -2.52. The minimum Gasteiger partial charge on any atom is -0.834 e. The standard InChI is InChI=1S/C29H29N3O6/c33-27(30-24-11-13-25(14-12-24)31(36)37)20-32-17-15-21(16-18-32)26(19-32)38-28(34)29(35,22-7-3-1-4-8-22)23-9-5-2-6-10-23/h1-14,21,26H,15-20H2,(H,30,33). The minimum atomic E-state index is -2.20. The van der Waals surface area contributed by atoms with Crippen LogP contribution in [0.4, 0.5) is 11.4 Å². The summed E-state index contributed by atoms with van der Waals surface area (Å²) in [7, 11) is 0. The predicted octanol–water partition coefficient (Wildman–Crippen LogP) is 2.99. The normalized spacial score (nSPS) is 22.4. The topological polar surface area (TPSA) is 122 Å². The fraction of sp³-hybridized carbons (Fsp3) is 0.310. The summed E-state index contributed by atoms with van der Waals surface area (Å²) in [6.07, 6.45) is 1.13. The zero-order chi connectivity index (χ0) is 26.8. The molecule has 9 heteroatoms. The van der Waals surface area contributed by atoms with E-state index in [4.69, 9.17) is 4.74 Å². The zero-order valence-electron chi connectivity index (χ0n) is 20.8. The molecule has 3 aromatic rings. The summed E-state index contributed by atoms with van der Waals surface area (Å²) in [5.74, 6) is -0.898. The first-order valence-corrected chi connectivity index (χ1v) is 12.7. The molecule has 3 fully saturated rings. The Kier molecular flexibility index (Phi) is 6.96. The number of rotatable bonds is 8. The van der Waals surface area contributed by atoms with Crippen molar-refractivity contribution < 1.29 is 28.8 Å². The van der Waals surface area contributed by atoms with Crippen molar-refractivity contribution in [3.8, 4) is 0 Å². The number of benzene rings is 3. The lowest BCUT2D eigenvalue weighted by atomic mass is 9.82. The van der Waals surface area contributed by atoms with Crippen molar-refractivity contribution in [2.24, 2.45) is 5.92 Å². The van der Waals surface area contributed by atoms with E-state index in [1.807, 2.05) is 0 Å². The summed E-state index contributed by atoms with van der Waals surface area (Å²) in [6.45, 7) is 2.22. The van der Waals surface area contributed by atoms with Gasteiger partial charge in [0.15, 0.2) is 12.6 Å². The number of hydrogen-bond donors (Lipinski definition) is 1. The number of nitrogens with one attached hydrogen (secondary N) is 1. The van der Waals surface area contributed by atoms with Gasteiger partial charge in [-0.1, -0.05) is 60.7 Å². The smallest absolute Gasteiger partial charge is 0.304 e. The largest absolute Gasteiger partial charge is 0.834 e. The number of quaternary nitrogens is 1. The Bertz CT molecular complexity index is 1270. The van der Waals surface area contributed by atoms with Crippen molar-refractivity contribution in [3.63, 3.8) is 0 Å².